The Kier molecular flexibility index (Phi) is 5.41. The zero-order chi connectivity index (χ0) is 20.4. The number of aromatic hydroxyl groups is 2. The van der Waals surface area contributed by atoms with Gasteiger partial charge in [-0.1, -0.05) is 17.7 Å². The van der Waals surface area contributed by atoms with Crippen molar-refractivity contribution in [3.8, 4) is 17.4 Å². The number of aromatic nitrogens is 2. The smallest absolute Gasteiger partial charge is 0.306 e. The van der Waals surface area contributed by atoms with Crippen LogP contribution in [0.1, 0.15) is 23.5 Å². The van der Waals surface area contributed by atoms with Crippen LogP contribution in [0.15, 0.2) is 41.3 Å². The fraction of sp³-hybridized carbons (Fsp3) is 0.211. The zero-order valence-corrected chi connectivity index (χ0v) is 15.8. The number of pyridine rings is 1. The summed E-state index contributed by atoms with van der Waals surface area (Å²) in [5.74, 6) is -1.98. The number of phenolic OH excluding ortho intramolecular Hbond substituents is 1. The predicted molar refractivity (Wildman–Crippen MR) is 101 cm³/mol. The molecule has 0 aliphatic rings. The van der Waals surface area contributed by atoms with E-state index in [9.17, 15) is 19.8 Å². The number of fused-ring (bicyclic) bond motifs is 1. The first-order valence-electron chi connectivity index (χ1n) is 8.20. The second kappa shape index (κ2) is 7.77. The van der Waals surface area contributed by atoms with Gasteiger partial charge in [0.15, 0.2) is 11.5 Å². The Hall–Kier alpha value is -3.26. The quantitative estimate of drug-likeness (QED) is 0.628. The molecular formula is C19H17ClN2O6. The van der Waals surface area contributed by atoms with Gasteiger partial charge in [0.1, 0.15) is 5.65 Å². The third kappa shape index (κ3) is 3.59. The van der Waals surface area contributed by atoms with E-state index in [0.717, 1.165) is 0 Å². The molecule has 0 fully saturated rings. The number of carbonyl (C=O) groups is 1. The van der Waals surface area contributed by atoms with Gasteiger partial charge in [-0.25, -0.2) is 0 Å². The maximum absolute atomic E-state index is 13.1. The van der Waals surface area contributed by atoms with Gasteiger partial charge in [0.2, 0.25) is 5.88 Å². The van der Waals surface area contributed by atoms with Crippen molar-refractivity contribution in [2.75, 3.05) is 14.2 Å². The van der Waals surface area contributed by atoms with E-state index in [1.807, 2.05) is 0 Å². The molecule has 28 heavy (non-hydrogen) atoms. The van der Waals surface area contributed by atoms with Crippen molar-refractivity contribution < 1.29 is 24.5 Å². The standard InChI is InChI=1S/C19H17ClN2O6/c1-27-14-5-3-10(7-13(14)23)12(8-16(24)28-2)17-18(25)21-15-6-4-11(20)9-22(15)19(17)26/h3-7,9,12,23,25H,8H2,1-2H3/t12-/m1/s1. The number of carbonyl (C=O) groups excluding carboxylic acids is 1. The van der Waals surface area contributed by atoms with Crippen LogP contribution in [0, 0.1) is 0 Å². The third-order valence-electron chi connectivity index (χ3n) is 4.35. The van der Waals surface area contributed by atoms with Crippen LogP contribution in [-0.4, -0.2) is 39.8 Å². The highest BCUT2D eigenvalue weighted by molar-refractivity contribution is 6.30. The average Bonchev–Trinajstić information content (AvgIpc) is 2.67. The summed E-state index contributed by atoms with van der Waals surface area (Å²) >= 11 is 5.97. The van der Waals surface area contributed by atoms with Gasteiger partial charge in [-0.3, -0.25) is 14.0 Å². The zero-order valence-electron chi connectivity index (χ0n) is 15.0. The molecule has 146 valence electrons. The van der Waals surface area contributed by atoms with Gasteiger partial charge in [0.05, 0.1) is 31.2 Å². The maximum Gasteiger partial charge on any atom is 0.306 e. The van der Waals surface area contributed by atoms with E-state index >= 15 is 0 Å². The molecule has 0 aliphatic heterocycles. The van der Waals surface area contributed by atoms with Gasteiger partial charge < -0.3 is 19.7 Å². The third-order valence-corrected chi connectivity index (χ3v) is 4.58. The van der Waals surface area contributed by atoms with Crippen molar-refractivity contribution in [3.63, 3.8) is 0 Å². The highest BCUT2D eigenvalue weighted by Crippen LogP contribution is 2.36. The van der Waals surface area contributed by atoms with Gasteiger partial charge in [0.25, 0.3) is 5.56 Å². The molecule has 0 spiro atoms. The molecule has 3 rings (SSSR count). The van der Waals surface area contributed by atoms with Gasteiger partial charge in [-0.05, 0) is 29.8 Å². The molecule has 0 saturated carbocycles. The van der Waals surface area contributed by atoms with Crippen LogP contribution in [0.3, 0.4) is 0 Å². The van der Waals surface area contributed by atoms with Crippen molar-refractivity contribution in [2.45, 2.75) is 12.3 Å². The highest BCUT2D eigenvalue weighted by atomic mass is 35.5. The number of rotatable bonds is 5. The van der Waals surface area contributed by atoms with Crippen molar-refractivity contribution in [1.82, 2.24) is 9.38 Å². The van der Waals surface area contributed by atoms with Crippen LogP contribution in [0.25, 0.3) is 5.65 Å². The lowest BCUT2D eigenvalue weighted by molar-refractivity contribution is -0.140. The van der Waals surface area contributed by atoms with Crippen LogP contribution >= 0.6 is 11.6 Å². The number of ether oxygens (including phenoxy) is 2. The second-order valence-electron chi connectivity index (χ2n) is 5.99. The van der Waals surface area contributed by atoms with Crippen molar-refractivity contribution in [1.29, 1.82) is 0 Å². The second-order valence-corrected chi connectivity index (χ2v) is 6.43. The summed E-state index contributed by atoms with van der Waals surface area (Å²) in [6.07, 6.45) is 1.12. The van der Waals surface area contributed by atoms with E-state index in [-0.39, 0.29) is 29.1 Å². The predicted octanol–water partition coefficient (Wildman–Crippen LogP) is 2.46. The molecule has 0 bridgehead atoms. The Bertz CT molecular complexity index is 1110. The van der Waals surface area contributed by atoms with Crippen LogP contribution < -0.4 is 10.3 Å². The molecule has 1 aromatic carbocycles. The summed E-state index contributed by atoms with van der Waals surface area (Å²) in [6.45, 7) is 0. The fourth-order valence-corrected chi connectivity index (χ4v) is 3.14. The first kappa shape index (κ1) is 19.5. The summed E-state index contributed by atoms with van der Waals surface area (Å²) in [6, 6.07) is 7.46. The molecule has 0 unspecified atom stereocenters. The molecule has 3 aromatic rings. The van der Waals surface area contributed by atoms with E-state index in [4.69, 9.17) is 21.1 Å². The minimum absolute atomic E-state index is 0.116. The van der Waals surface area contributed by atoms with Crippen LogP contribution in [-0.2, 0) is 9.53 Å². The Balaban J connectivity index is 2.25. The lowest BCUT2D eigenvalue weighted by atomic mass is 9.89. The van der Waals surface area contributed by atoms with Crippen LogP contribution in [0.5, 0.6) is 17.4 Å². The summed E-state index contributed by atoms with van der Waals surface area (Å²) in [5.41, 5.74) is -0.103. The lowest BCUT2D eigenvalue weighted by Crippen LogP contribution is -2.24. The van der Waals surface area contributed by atoms with Crippen LogP contribution in [0.2, 0.25) is 5.02 Å². The van der Waals surface area contributed by atoms with Crippen molar-refractivity contribution >= 4 is 23.2 Å². The molecular weight excluding hydrogens is 388 g/mol. The topological polar surface area (TPSA) is 110 Å². The number of nitrogens with zero attached hydrogens (tertiary/aromatic N) is 2. The first-order chi connectivity index (χ1) is 13.3. The minimum atomic E-state index is -0.917. The van der Waals surface area contributed by atoms with E-state index in [1.54, 1.807) is 6.07 Å². The summed E-state index contributed by atoms with van der Waals surface area (Å²) in [4.78, 5) is 29.1. The highest BCUT2D eigenvalue weighted by Gasteiger charge is 2.27. The molecule has 0 radical (unpaired) electrons. The number of esters is 1. The number of benzene rings is 1. The summed E-state index contributed by atoms with van der Waals surface area (Å²) in [5, 5.41) is 20.9. The lowest BCUT2D eigenvalue weighted by Gasteiger charge is -2.18. The normalized spacial score (nSPS) is 12.0. The fourth-order valence-electron chi connectivity index (χ4n) is 2.98. The summed E-state index contributed by atoms with van der Waals surface area (Å²) < 4.78 is 10.9. The number of methoxy groups -OCH3 is 2. The molecule has 2 N–H and O–H groups in total. The van der Waals surface area contributed by atoms with E-state index < -0.39 is 23.3 Å². The van der Waals surface area contributed by atoms with Gasteiger partial charge in [-0.15, -0.1) is 0 Å². The Morgan fingerprint density at radius 1 is 1.25 bits per heavy atom. The van der Waals surface area contributed by atoms with Crippen molar-refractivity contribution in [3.05, 3.63) is 63.0 Å². The Morgan fingerprint density at radius 2 is 2.00 bits per heavy atom. The minimum Gasteiger partial charge on any atom is -0.504 e. The summed E-state index contributed by atoms with van der Waals surface area (Å²) in [7, 11) is 2.62. The first-order valence-corrected chi connectivity index (χ1v) is 8.58. The molecule has 0 amide bonds. The van der Waals surface area contributed by atoms with Gasteiger partial charge in [-0.2, -0.15) is 4.98 Å². The molecule has 0 saturated heterocycles. The van der Waals surface area contributed by atoms with E-state index in [2.05, 4.69) is 4.98 Å². The molecule has 0 aliphatic carbocycles. The van der Waals surface area contributed by atoms with E-state index in [1.165, 1.54) is 49.1 Å². The monoisotopic (exact) mass is 404 g/mol. The molecule has 1 atom stereocenters. The van der Waals surface area contributed by atoms with Crippen molar-refractivity contribution in [2.24, 2.45) is 0 Å². The number of hydrogen-bond donors (Lipinski definition) is 2. The Labute approximate surface area is 164 Å². The van der Waals surface area contributed by atoms with Crippen LogP contribution in [0.4, 0.5) is 0 Å². The van der Waals surface area contributed by atoms with Gasteiger partial charge >= 0.3 is 5.97 Å². The Morgan fingerprint density at radius 3 is 2.64 bits per heavy atom. The van der Waals surface area contributed by atoms with Gasteiger partial charge in [0, 0.05) is 12.1 Å². The number of halogens is 1. The largest absolute Gasteiger partial charge is 0.504 e. The van der Waals surface area contributed by atoms with E-state index in [0.29, 0.717) is 10.6 Å². The number of hydrogen-bond acceptors (Lipinski definition) is 7. The molecule has 2 aromatic heterocycles. The molecule has 9 heteroatoms. The number of phenols is 1. The SMILES string of the molecule is COC(=O)C[C@H](c1ccc(OC)c(O)c1)c1c(O)nc2ccc(Cl)cn2c1=O. The molecule has 8 nitrogen and oxygen atoms in total. The average molecular weight is 405 g/mol. The maximum atomic E-state index is 13.1. The molecule has 2 heterocycles.